The molecule has 1 aromatic heterocycles. The molecule has 4 rings (SSSR count). The maximum absolute atomic E-state index is 13.3. The molecule has 172 valence electrons. The van der Waals surface area contributed by atoms with Gasteiger partial charge < -0.3 is 9.88 Å². The number of nitrogens with zero attached hydrogens (tertiary/aromatic N) is 3. The van der Waals surface area contributed by atoms with E-state index >= 15 is 0 Å². The number of likely N-dealkylation sites (N-methyl/N-ethyl adjacent to an activating group) is 1. The fourth-order valence-corrected chi connectivity index (χ4v) is 5.03. The van der Waals surface area contributed by atoms with Crippen LogP contribution in [0.15, 0.2) is 63.2 Å². The first-order valence-corrected chi connectivity index (χ1v) is 12.2. The summed E-state index contributed by atoms with van der Waals surface area (Å²) in [6.07, 6.45) is 2.08. The summed E-state index contributed by atoms with van der Waals surface area (Å²) < 4.78 is 27.3. The molecule has 2 N–H and O–H groups in total. The van der Waals surface area contributed by atoms with Crippen LogP contribution in [0, 0.1) is 0 Å². The van der Waals surface area contributed by atoms with Crippen LogP contribution in [0.5, 0.6) is 0 Å². The van der Waals surface area contributed by atoms with E-state index in [4.69, 9.17) is 0 Å². The van der Waals surface area contributed by atoms with E-state index in [2.05, 4.69) is 19.7 Å². The Morgan fingerprint density at radius 3 is 2.67 bits per heavy atom. The number of sulfonamides is 1. The monoisotopic (exact) mass is 467 g/mol. The molecule has 1 atom stereocenters. The second-order valence-electron chi connectivity index (χ2n) is 7.96. The van der Waals surface area contributed by atoms with Crippen molar-refractivity contribution >= 4 is 32.7 Å². The van der Waals surface area contributed by atoms with Gasteiger partial charge in [-0.15, -0.1) is 0 Å². The molecule has 0 saturated heterocycles. The predicted molar refractivity (Wildman–Crippen MR) is 125 cm³/mol. The maximum atomic E-state index is 13.3. The van der Waals surface area contributed by atoms with Gasteiger partial charge in [0.15, 0.2) is 0 Å². The molecule has 1 unspecified atom stereocenters. The zero-order valence-electron chi connectivity index (χ0n) is 18.4. The van der Waals surface area contributed by atoms with Crippen LogP contribution in [0.2, 0.25) is 0 Å². The van der Waals surface area contributed by atoms with E-state index in [1.807, 2.05) is 6.92 Å². The van der Waals surface area contributed by atoms with E-state index < -0.39 is 16.1 Å². The number of aromatic nitrogens is 2. The van der Waals surface area contributed by atoms with Gasteiger partial charge in [-0.25, -0.2) is 13.4 Å². The summed E-state index contributed by atoms with van der Waals surface area (Å²) in [5, 5.41) is 0.481. The molecule has 1 aliphatic heterocycles. The molecule has 0 aliphatic carbocycles. The van der Waals surface area contributed by atoms with E-state index in [0.29, 0.717) is 28.7 Å². The molecule has 0 radical (unpaired) electrons. The van der Waals surface area contributed by atoms with Gasteiger partial charge in [-0.2, -0.15) is 0 Å². The number of fused-ring (bicyclic) bond motifs is 2. The number of hydrogen-bond acceptors (Lipinski definition) is 6. The lowest BCUT2D eigenvalue weighted by atomic mass is 10.1. The van der Waals surface area contributed by atoms with Crippen molar-refractivity contribution in [1.82, 2.24) is 19.6 Å². The van der Waals surface area contributed by atoms with E-state index in [9.17, 15) is 18.0 Å². The van der Waals surface area contributed by atoms with Crippen LogP contribution in [-0.2, 0) is 21.4 Å². The number of amides is 1. The normalized spacial score (nSPS) is 16.4. The van der Waals surface area contributed by atoms with E-state index in [-0.39, 0.29) is 28.7 Å². The molecule has 0 bridgehead atoms. The highest BCUT2D eigenvalue weighted by Gasteiger charge is 2.32. The SMILES string of the molecule is CCCCC(N=C1NS(=O)(=O)c2ccccc21)C(=O)N(C)Cc1nc2ccccc2c(=O)[nH]1. The Morgan fingerprint density at radius 1 is 1.15 bits per heavy atom. The molecule has 33 heavy (non-hydrogen) atoms. The zero-order chi connectivity index (χ0) is 23.6. The Balaban J connectivity index is 1.61. The second-order valence-corrected chi connectivity index (χ2v) is 9.61. The largest absolute Gasteiger partial charge is 0.336 e. The maximum Gasteiger partial charge on any atom is 0.263 e. The highest BCUT2D eigenvalue weighted by molar-refractivity contribution is 7.90. The number of hydrogen-bond donors (Lipinski definition) is 2. The minimum atomic E-state index is -3.70. The van der Waals surface area contributed by atoms with Crippen LogP contribution in [0.3, 0.4) is 0 Å². The second kappa shape index (κ2) is 9.14. The van der Waals surface area contributed by atoms with E-state index in [1.165, 1.54) is 11.0 Å². The van der Waals surface area contributed by atoms with Crippen molar-refractivity contribution in [2.75, 3.05) is 7.05 Å². The molecule has 2 heterocycles. The number of H-pyrrole nitrogens is 1. The van der Waals surface area contributed by atoms with Crippen molar-refractivity contribution in [1.29, 1.82) is 0 Å². The average molecular weight is 468 g/mol. The lowest BCUT2D eigenvalue weighted by molar-refractivity contribution is -0.132. The highest BCUT2D eigenvalue weighted by atomic mass is 32.2. The molecule has 3 aromatic rings. The van der Waals surface area contributed by atoms with E-state index in [0.717, 1.165) is 12.8 Å². The van der Waals surface area contributed by atoms with Crippen LogP contribution in [0.4, 0.5) is 0 Å². The molecule has 0 fully saturated rings. The van der Waals surface area contributed by atoms with Crippen molar-refractivity contribution < 1.29 is 13.2 Å². The van der Waals surface area contributed by atoms with Crippen molar-refractivity contribution in [3.63, 3.8) is 0 Å². The lowest BCUT2D eigenvalue weighted by Crippen LogP contribution is -2.37. The fraction of sp³-hybridized carbons (Fsp3) is 0.304. The first-order chi connectivity index (χ1) is 15.8. The predicted octanol–water partition coefficient (Wildman–Crippen LogP) is 2.18. The number of unbranched alkanes of at least 4 members (excludes halogenated alkanes) is 1. The standard InChI is InChI=1S/C23H25N5O4S/c1-3-4-11-18(25-21-16-10-6-8-13-19(16)33(31,32)27-21)23(30)28(2)14-20-24-17-12-7-5-9-15(17)22(29)26-20/h5-10,12-13,18H,3-4,11,14H2,1-2H3,(H,25,27)(H,24,26,29). The number of para-hydroxylation sites is 1. The smallest absolute Gasteiger partial charge is 0.263 e. The number of aliphatic imine (C=N–C) groups is 1. The molecule has 9 nitrogen and oxygen atoms in total. The Kier molecular flexibility index (Phi) is 6.28. The lowest BCUT2D eigenvalue weighted by Gasteiger charge is -2.21. The number of nitrogens with one attached hydrogen (secondary N) is 2. The highest BCUT2D eigenvalue weighted by Crippen LogP contribution is 2.23. The summed E-state index contributed by atoms with van der Waals surface area (Å²) in [6, 6.07) is 12.8. The van der Waals surface area contributed by atoms with Gasteiger partial charge in [0.2, 0.25) is 5.91 Å². The van der Waals surface area contributed by atoms with Crippen LogP contribution in [0.1, 0.15) is 37.6 Å². The fourth-order valence-electron chi connectivity index (χ4n) is 3.79. The van der Waals surface area contributed by atoms with Crippen LogP contribution in [-0.4, -0.2) is 48.1 Å². The topological polar surface area (TPSA) is 125 Å². The van der Waals surface area contributed by atoms with Crippen LogP contribution < -0.4 is 10.3 Å². The van der Waals surface area contributed by atoms with E-state index in [1.54, 1.807) is 49.5 Å². The molecule has 1 aliphatic rings. The number of aromatic amines is 1. The van der Waals surface area contributed by atoms with Gasteiger partial charge >= 0.3 is 0 Å². The number of rotatable bonds is 7. The van der Waals surface area contributed by atoms with Gasteiger partial charge in [-0.1, -0.05) is 44.0 Å². The van der Waals surface area contributed by atoms with Gasteiger partial charge in [-0.3, -0.25) is 19.3 Å². The third kappa shape index (κ3) is 4.65. The molecule has 2 aromatic carbocycles. The third-order valence-electron chi connectivity index (χ3n) is 5.49. The van der Waals surface area contributed by atoms with Gasteiger partial charge in [0.25, 0.3) is 15.6 Å². The molecule has 0 saturated carbocycles. The molecular formula is C23H25N5O4S. The van der Waals surface area contributed by atoms with Gasteiger partial charge in [0.05, 0.1) is 22.3 Å². The third-order valence-corrected chi connectivity index (χ3v) is 6.89. The summed E-state index contributed by atoms with van der Waals surface area (Å²) in [6.45, 7) is 2.10. The van der Waals surface area contributed by atoms with Crippen LogP contribution >= 0.6 is 0 Å². The van der Waals surface area contributed by atoms with Crippen LogP contribution in [0.25, 0.3) is 10.9 Å². The van der Waals surface area contributed by atoms with Crippen molar-refractivity contribution in [3.8, 4) is 0 Å². The Labute approximate surface area is 191 Å². The average Bonchev–Trinajstić information content (AvgIpc) is 3.06. The van der Waals surface area contributed by atoms with Crippen molar-refractivity contribution in [3.05, 3.63) is 70.3 Å². The summed E-state index contributed by atoms with van der Waals surface area (Å²) in [5.74, 6) is 0.254. The molecule has 1 amide bonds. The number of amidine groups is 1. The Hall–Kier alpha value is -3.53. The first-order valence-electron chi connectivity index (χ1n) is 10.7. The molecular weight excluding hydrogens is 442 g/mol. The van der Waals surface area contributed by atoms with Gasteiger partial charge in [-0.05, 0) is 30.7 Å². The molecule has 0 spiro atoms. The molecule has 10 heteroatoms. The summed E-state index contributed by atoms with van der Waals surface area (Å²) >= 11 is 0. The number of carbonyl (C=O) groups is 1. The zero-order valence-corrected chi connectivity index (χ0v) is 19.2. The Bertz CT molecular complexity index is 1400. The quantitative estimate of drug-likeness (QED) is 0.551. The van der Waals surface area contributed by atoms with Gasteiger partial charge in [0.1, 0.15) is 17.7 Å². The minimum Gasteiger partial charge on any atom is -0.336 e. The summed E-state index contributed by atoms with van der Waals surface area (Å²) in [7, 11) is -2.08. The number of carbonyl (C=O) groups excluding carboxylic acids is 1. The Morgan fingerprint density at radius 2 is 1.88 bits per heavy atom. The first kappa shape index (κ1) is 22.7. The van der Waals surface area contributed by atoms with Crippen molar-refractivity contribution in [2.24, 2.45) is 4.99 Å². The summed E-state index contributed by atoms with van der Waals surface area (Å²) in [4.78, 5) is 38.9. The summed E-state index contributed by atoms with van der Waals surface area (Å²) in [5.41, 5.74) is 0.739. The number of benzene rings is 2. The van der Waals surface area contributed by atoms with Crippen molar-refractivity contribution in [2.45, 2.75) is 43.7 Å². The van der Waals surface area contributed by atoms with Gasteiger partial charge in [0, 0.05) is 12.6 Å². The minimum absolute atomic E-state index is 0.0920.